The maximum atomic E-state index is 11.4. The molecule has 0 fully saturated rings. The number of carbonyl (C=O) groups excluding carboxylic acids is 1. The summed E-state index contributed by atoms with van der Waals surface area (Å²) in [6, 6.07) is 9.32. The molecule has 1 amide bonds. The Morgan fingerprint density at radius 2 is 1.95 bits per heavy atom. The van der Waals surface area contributed by atoms with Crippen LogP contribution < -0.4 is 15.4 Å². The van der Waals surface area contributed by atoms with Crippen LogP contribution in [0.3, 0.4) is 0 Å². The van der Waals surface area contributed by atoms with Crippen LogP contribution in [0.4, 0.5) is 0 Å². The lowest BCUT2D eigenvalue weighted by molar-refractivity contribution is -0.120. The normalized spacial score (nSPS) is 12.2. The van der Waals surface area contributed by atoms with Crippen molar-refractivity contribution in [2.75, 3.05) is 26.2 Å². The van der Waals surface area contributed by atoms with E-state index in [-0.39, 0.29) is 19.1 Å². The molecule has 1 aromatic rings. The Kier molecular flexibility index (Phi) is 7.69. The van der Waals surface area contributed by atoms with Gasteiger partial charge in [0.2, 0.25) is 5.91 Å². The van der Waals surface area contributed by atoms with Gasteiger partial charge in [-0.3, -0.25) is 4.79 Å². The lowest BCUT2D eigenvalue weighted by Gasteiger charge is -2.13. The van der Waals surface area contributed by atoms with Gasteiger partial charge in [-0.15, -0.1) is 0 Å². The van der Waals surface area contributed by atoms with Crippen molar-refractivity contribution in [1.82, 2.24) is 10.6 Å². The van der Waals surface area contributed by atoms with Crippen LogP contribution in [0.15, 0.2) is 30.3 Å². The molecular weight excluding hydrogens is 256 g/mol. The quantitative estimate of drug-likeness (QED) is 0.625. The number of carbonyl (C=O) groups is 1. The number of rotatable bonds is 9. The zero-order valence-electron chi connectivity index (χ0n) is 12.1. The average Bonchev–Trinajstić information content (AvgIpc) is 2.44. The Hall–Kier alpha value is -1.59. The second-order valence-corrected chi connectivity index (χ2v) is 5.11. The van der Waals surface area contributed by atoms with E-state index in [0.717, 1.165) is 5.75 Å². The van der Waals surface area contributed by atoms with Gasteiger partial charge in [0.15, 0.2) is 0 Å². The van der Waals surface area contributed by atoms with E-state index in [4.69, 9.17) is 4.74 Å². The molecule has 112 valence electrons. The Bertz CT molecular complexity index is 382. The lowest BCUT2D eigenvalue weighted by Crippen LogP contribution is -2.39. The lowest BCUT2D eigenvalue weighted by atomic mass is 10.2. The molecule has 1 aromatic carbocycles. The molecule has 0 heterocycles. The number of ether oxygens (including phenoxy) is 1. The molecule has 5 heteroatoms. The molecule has 0 aromatic heterocycles. The van der Waals surface area contributed by atoms with Crippen LogP contribution in [-0.4, -0.2) is 43.4 Å². The van der Waals surface area contributed by atoms with E-state index < -0.39 is 6.10 Å². The fourth-order valence-corrected chi connectivity index (χ4v) is 1.50. The molecule has 3 N–H and O–H groups in total. The summed E-state index contributed by atoms with van der Waals surface area (Å²) in [7, 11) is 0. The third-order valence-electron chi connectivity index (χ3n) is 2.56. The van der Waals surface area contributed by atoms with Gasteiger partial charge in [0.1, 0.15) is 18.5 Å². The Balaban J connectivity index is 2.08. The number of nitrogens with one attached hydrogen (secondary N) is 2. The van der Waals surface area contributed by atoms with Crippen molar-refractivity contribution in [1.29, 1.82) is 0 Å². The zero-order valence-corrected chi connectivity index (χ0v) is 12.1. The highest BCUT2D eigenvalue weighted by atomic mass is 16.5. The van der Waals surface area contributed by atoms with E-state index >= 15 is 0 Å². The number of hydrogen-bond donors (Lipinski definition) is 3. The topological polar surface area (TPSA) is 70.6 Å². The van der Waals surface area contributed by atoms with Gasteiger partial charge >= 0.3 is 0 Å². The summed E-state index contributed by atoms with van der Waals surface area (Å²) < 4.78 is 5.41. The van der Waals surface area contributed by atoms with Crippen molar-refractivity contribution in [3.8, 4) is 5.75 Å². The van der Waals surface area contributed by atoms with Crippen LogP contribution in [-0.2, 0) is 4.79 Å². The molecule has 0 aliphatic carbocycles. The van der Waals surface area contributed by atoms with Crippen LogP contribution in [0.2, 0.25) is 0 Å². The molecular formula is C15H24N2O3. The largest absolute Gasteiger partial charge is 0.491 e. The van der Waals surface area contributed by atoms with Crippen molar-refractivity contribution >= 4 is 5.91 Å². The number of para-hydroxylation sites is 1. The highest BCUT2D eigenvalue weighted by Gasteiger charge is 2.07. The second kappa shape index (κ2) is 9.34. The third-order valence-corrected chi connectivity index (χ3v) is 2.56. The summed E-state index contributed by atoms with van der Waals surface area (Å²) in [5, 5.41) is 15.4. The minimum Gasteiger partial charge on any atom is -0.491 e. The molecule has 0 aliphatic rings. The van der Waals surface area contributed by atoms with Crippen LogP contribution in [0, 0.1) is 5.92 Å². The first kappa shape index (κ1) is 16.5. The van der Waals surface area contributed by atoms with Gasteiger partial charge < -0.3 is 20.5 Å². The fourth-order valence-electron chi connectivity index (χ4n) is 1.50. The van der Waals surface area contributed by atoms with Crippen LogP contribution >= 0.6 is 0 Å². The molecule has 20 heavy (non-hydrogen) atoms. The Labute approximate surface area is 120 Å². The monoisotopic (exact) mass is 280 g/mol. The summed E-state index contributed by atoms with van der Waals surface area (Å²) in [5.41, 5.74) is 0. The van der Waals surface area contributed by atoms with E-state index in [0.29, 0.717) is 19.0 Å². The molecule has 1 unspecified atom stereocenters. The third kappa shape index (κ3) is 7.76. The minimum atomic E-state index is -0.645. The van der Waals surface area contributed by atoms with Crippen LogP contribution in [0.5, 0.6) is 5.75 Å². The van der Waals surface area contributed by atoms with E-state index in [1.165, 1.54) is 0 Å². The SMILES string of the molecule is CC(C)CNC(=O)CNCC(O)COc1ccccc1. The summed E-state index contributed by atoms with van der Waals surface area (Å²) >= 11 is 0. The van der Waals surface area contributed by atoms with Crippen molar-refractivity contribution in [2.24, 2.45) is 5.92 Å². The van der Waals surface area contributed by atoms with E-state index in [2.05, 4.69) is 10.6 Å². The molecule has 0 aliphatic heterocycles. The summed E-state index contributed by atoms with van der Waals surface area (Å²) in [6.45, 7) is 5.47. The highest BCUT2D eigenvalue weighted by molar-refractivity contribution is 5.77. The zero-order chi connectivity index (χ0) is 14.8. The summed E-state index contributed by atoms with van der Waals surface area (Å²) in [6.07, 6.45) is -0.645. The van der Waals surface area contributed by atoms with Crippen molar-refractivity contribution in [2.45, 2.75) is 20.0 Å². The predicted molar refractivity (Wildman–Crippen MR) is 78.7 cm³/mol. The fraction of sp³-hybridized carbons (Fsp3) is 0.533. The molecule has 0 saturated carbocycles. The number of benzene rings is 1. The van der Waals surface area contributed by atoms with Crippen molar-refractivity contribution < 1.29 is 14.6 Å². The first-order valence-electron chi connectivity index (χ1n) is 6.91. The van der Waals surface area contributed by atoms with Gasteiger partial charge in [-0.1, -0.05) is 32.0 Å². The van der Waals surface area contributed by atoms with E-state index in [1.54, 1.807) is 0 Å². The summed E-state index contributed by atoms with van der Waals surface area (Å²) in [4.78, 5) is 11.4. The van der Waals surface area contributed by atoms with Crippen LogP contribution in [0.25, 0.3) is 0 Å². The Morgan fingerprint density at radius 3 is 2.60 bits per heavy atom. The van der Waals surface area contributed by atoms with E-state index in [1.807, 2.05) is 44.2 Å². The second-order valence-electron chi connectivity index (χ2n) is 5.11. The van der Waals surface area contributed by atoms with E-state index in [9.17, 15) is 9.90 Å². The molecule has 0 spiro atoms. The molecule has 5 nitrogen and oxygen atoms in total. The summed E-state index contributed by atoms with van der Waals surface area (Å²) in [5.74, 6) is 1.10. The van der Waals surface area contributed by atoms with Crippen molar-refractivity contribution in [3.05, 3.63) is 30.3 Å². The van der Waals surface area contributed by atoms with Gasteiger partial charge in [0, 0.05) is 13.1 Å². The highest BCUT2D eigenvalue weighted by Crippen LogP contribution is 2.08. The van der Waals surface area contributed by atoms with Gasteiger partial charge in [-0.2, -0.15) is 0 Å². The minimum absolute atomic E-state index is 0.0603. The first-order chi connectivity index (χ1) is 9.58. The molecule has 0 bridgehead atoms. The number of hydrogen-bond acceptors (Lipinski definition) is 4. The molecule has 0 saturated heterocycles. The predicted octanol–water partition coefficient (Wildman–Crippen LogP) is 0.788. The average molecular weight is 280 g/mol. The number of amides is 1. The maximum Gasteiger partial charge on any atom is 0.233 e. The van der Waals surface area contributed by atoms with Crippen molar-refractivity contribution in [3.63, 3.8) is 0 Å². The smallest absolute Gasteiger partial charge is 0.233 e. The number of aliphatic hydroxyl groups excluding tert-OH is 1. The maximum absolute atomic E-state index is 11.4. The number of aliphatic hydroxyl groups is 1. The van der Waals surface area contributed by atoms with Gasteiger partial charge in [0.05, 0.1) is 6.54 Å². The van der Waals surface area contributed by atoms with Gasteiger partial charge in [-0.05, 0) is 18.1 Å². The molecule has 1 atom stereocenters. The molecule has 0 radical (unpaired) electrons. The van der Waals surface area contributed by atoms with Crippen LogP contribution in [0.1, 0.15) is 13.8 Å². The molecule has 1 rings (SSSR count). The van der Waals surface area contributed by atoms with Gasteiger partial charge in [0.25, 0.3) is 0 Å². The Morgan fingerprint density at radius 1 is 1.25 bits per heavy atom. The van der Waals surface area contributed by atoms with Gasteiger partial charge in [-0.25, -0.2) is 0 Å². The first-order valence-corrected chi connectivity index (χ1v) is 6.91. The standard InChI is InChI=1S/C15H24N2O3/c1-12(2)8-17-15(19)10-16-9-13(18)11-20-14-6-4-3-5-7-14/h3-7,12-13,16,18H,8-11H2,1-2H3,(H,17,19).